The largest absolute Gasteiger partial charge is 0.388 e. The zero-order chi connectivity index (χ0) is 14.2. The molecule has 0 radical (unpaired) electrons. The lowest BCUT2D eigenvalue weighted by atomic mass is 10.0. The van der Waals surface area contributed by atoms with Crippen LogP contribution in [-0.2, 0) is 6.42 Å². The van der Waals surface area contributed by atoms with Crippen LogP contribution in [0.2, 0.25) is 0 Å². The normalized spacial score (nSPS) is 12.3. The molecule has 2 heteroatoms. The predicted octanol–water partition coefficient (Wildman–Crippen LogP) is 4.85. The molecule has 1 nitrogen and oxygen atoms in total. The summed E-state index contributed by atoms with van der Waals surface area (Å²) in [6.07, 6.45) is 2.51. The highest BCUT2D eigenvalue weighted by Crippen LogP contribution is 2.23. The molecule has 0 saturated carbocycles. The number of thioether (sulfide) groups is 1. The van der Waals surface area contributed by atoms with Crippen molar-refractivity contribution in [2.45, 2.75) is 37.2 Å². The highest BCUT2D eigenvalue weighted by atomic mass is 32.2. The Kier molecular flexibility index (Phi) is 6.16. The Balaban J connectivity index is 1.80. The van der Waals surface area contributed by atoms with Crippen LogP contribution in [-0.4, -0.2) is 10.9 Å². The first-order valence-corrected chi connectivity index (χ1v) is 8.23. The van der Waals surface area contributed by atoms with Crippen molar-refractivity contribution in [2.24, 2.45) is 0 Å². The lowest BCUT2D eigenvalue weighted by Crippen LogP contribution is -1.98. The summed E-state index contributed by atoms with van der Waals surface area (Å²) in [6.45, 7) is 2.15. The fourth-order valence-electron chi connectivity index (χ4n) is 2.26. The van der Waals surface area contributed by atoms with Crippen molar-refractivity contribution in [2.75, 3.05) is 5.75 Å². The quantitative estimate of drug-likeness (QED) is 0.734. The van der Waals surface area contributed by atoms with Crippen LogP contribution in [0, 0.1) is 0 Å². The lowest BCUT2D eigenvalue weighted by Gasteiger charge is -2.11. The number of benzene rings is 2. The van der Waals surface area contributed by atoms with E-state index in [-0.39, 0.29) is 6.10 Å². The molecule has 2 aromatic carbocycles. The fraction of sp³-hybridized carbons (Fsp3) is 0.333. The van der Waals surface area contributed by atoms with Crippen LogP contribution in [0.3, 0.4) is 0 Å². The summed E-state index contributed by atoms with van der Waals surface area (Å²) in [4.78, 5) is 1.27. The van der Waals surface area contributed by atoms with Gasteiger partial charge >= 0.3 is 0 Å². The highest BCUT2D eigenvalue weighted by molar-refractivity contribution is 7.99. The van der Waals surface area contributed by atoms with E-state index >= 15 is 0 Å². The molecule has 1 unspecified atom stereocenters. The van der Waals surface area contributed by atoms with Crippen LogP contribution in [0.1, 0.15) is 37.0 Å². The van der Waals surface area contributed by atoms with E-state index in [0.717, 1.165) is 30.6 Å². The molecule has 0 saturated heterocycles. The molecule has 0 aliphatic rings. The first-order valence-electron chi connectivity index (χ1n) is 7.24. The van der Waals surface area contributed by atoms with E-state index in [4.69, 9.17) is 0 Å². The molecule has 0 bridgehead atoms. The van der Waals surface area contributed by atoms with Crippen LogP contribution in [0.15, 0.2) is 59.5 Å². The van der Waals surface area contributed by atoms with Gasteiger partial charge in [-0.2, -0.15) is 0 Å². The van der Waals surface area contributed by atoms with E-state index in [1.165, 1.54) is 10.5 Å². The summed E-state index contributed by atoms with van der Waals surface area (Å²) in [5.41, 5.74) is 2.37. The third kappa shape index (κ3) is 4.69. The molecule has 0 aliphatic carbocycles. The maximum absolute atomic E-state index is 10.2. The lowest BCUT2D eigenvalue weighted by molar-refractivity contribution is 0.164. The molecule has 0 spiro atoms. The molecule has 0 amide bonds. The number of aliphatic hydroxyl groups is 1. The molecule has 1 atom stereocenters. The van der Waals surface area contributed by atoms with Gasteiger partial charge in [0.25, 0.3) is 0 Å². The number of hydrogen-bond donors (Lipinski definition) is 1. The molecule has 2 aromatic rings. The minimum atomic E-state index is -0.348. The molecule has 0 fully saturated rings. The second kappa shape index (κ2) is 8.13. The number of aliphatic hydroxyl groups excluding tert-OH is 1. The monoisotopic (exact) mass is 286 g/mol. The second-order valence-electron chi connectivity index (χ2n) is 4.90. The van der Waals surface area contributed by atoms with Gasteiger partial charge in [0.1, 0.15) is 0 Å². The Hall–Kier alpha value is -1.25. The van der Waals surface area contributed by atoms with Gasteiger partial charge in [0.2, 0.25) is 0 Å². The van der Waals surface area contributed by atoms with Gasteiger partial charge in [-0.1, -0.05) is 49.4 Å². The van der Waals surface area contributed by atoms with Crippen LogP contribution in [0.25, 0.3) is 0 Å². The minimum absolute atomic E-state index is 0.348. The molecular weight excluding hydrogens is 264 g/mol. The van der Waals surface area contributed by atoms with Gasteiger partial charge in [0.15, 0.2) is 0 Å². The number of aryl methyl sites for hydroxylation is 1. The zero-order valence-electron chi connectivity index (χ0n) is 12.0. The highest BCUT2D eigenvalue weighted by Gasteiger charge is 2.07. The Bertz CT molecular complexity index is 493. The topological polar surface area (TPSA) is 20.2 Å². The third-order valence-electron chi connectivity index (χ3n) is 3.36. The summed E-state index contributed by atoms with van der Waals surface area (Å²) in [5.74, 6) is 1.08. The van der Waals surface area contributed by atoms with E-state index in [2.05, 4.69) is 43.3 Å². The predicted molar refractivity (Wildman–Crippen MR) is 87.2 cm³/mol. The smallest absolute Gasteiger partial charge is 0.0790 e. The number of hydrogen-bond acceptors (Lipinski definition) is 2. The molecule has 2 rings (SSSR count). The van der Waals surface area contributed by atoms with Gasteiger partial charge in [0, 0.05) is 4.90 Å². The van der Waals surface area contributed by atoms with E-state index in [1.54, 1.807) is 0 Å². The maximum Gasteiger partial charge on any atom is 0.0790 e. The van der Waals surface area contributed by atoms with Crippen molar-refractivity contribution in [3.63, 3.8) is 0 Å². The first kappa shape index (κ1) is 15.1. The summed E-state index contributed by atoms with van der Waals surface area (Å²) in [6, 6.07) is 18.7. The SMILES string of the molecule is CCSc1ccc(C(O)CCCc2ccccc2)cc1. The Morgan fingerprint density at radius 3 is 2.35 bits per heavy atom. The van der Waals surface area contributed by atoms with Gasteiger partial charge < -0.3 is 5.11 Å². The van der Waals surface area contributed by atoms with Crippen LogP contribution < -0.4 is 0 Å². The van der Waals surface area contributed by atoms with Crippen molar-refractivity contribution >= 4 is 11.8 Å². The summed E-state index contributed by atoms with van der Waals surface area (Å²) in [5, 5.41) is 10.2. The summed E-state index contributed by atoms with van der Waals surface area (Å²) in [7, 11) is 0. The molecule has 0 aromatic heterocycles. The van der Waals surface area contributed by atoms with E-state index < -0.39 is 0 Å². The van der Waals surface area contributed by atoms with Crippen molar-refractivity contribution < 1.29 is 5.11 Å². The molecule has 1 N–H and O–H groups in total. The average Bonchev–Trinajstić information content (AvgIpc) is 2.49. The van der Waals surface area contributed by atoms with Crippen molar-refractivity contribution in [3.8, 4) is 0 Å². The van der Waals surface area contributed by atoms with Crippen molar-refractivity contribution in [1.82, 2.24) is 0 Å². The standard InChI is InChI=1S/C18H22OS/c1-2-20-17-13-11-16(12-14-17)18(19)10-6-9-15-7-4-3-5-8-15/h3-5,7-8,11-14,18-19H,2,6,9-10H2,1H3. The van der Waals surface area contributed by atoms with Gasteiger partial charge in [0.05, 0.1) is 6.10 Å². The van der Waals surface area contributed by atoms with Crippen molar-refractivity contribution in [1.29, 1.82) is 0 Å². The summed E-state index contributed by atoms with van der Waals surface area (Å²) >= 11 is 1.83. The molecular formula is C18H22OS. The molecule has 106 valence electrons. The van der Waals surface area contributed by atoms with Gasteiger partial charge in [-0.25, -0.2) is 0 Å². The average molecular weight is 286 g/mol. The van der Waals surface area contributed by atoms with E-state index in [0.29, 0.717) is 0 Å². The van der Waals surface area contributed by atoms with Crippen molar-refractivity contribution in [3.05, 3.63) is 65.7 Å². The minimum Gasteiger partial charge on any atom is -0.388 e. The van der Waals surface area contributed by atoms with E-state index in [1.807, 2.05) is 30.0 Å². The molecule has 20 heavy (non-hydrogen) atoms. The van der Waals surface area contributed by atoms with E-state index in [9.17, 15) is 5.11 Å². The van der Waals surface area contributed by atoms with Crippen LogP contribution in [0.4, 0.5) is 0 Å². The third-order valence-corrected chi connectivity index (χ3v) is 4.26. The first-order chi connectivity index (χ1) is 9.79. The van der Waals surface area contributed by atoms with Crippen LogP contribution >= 0.6 is 11.8 Å². The van der Waals surface area contributed by atoms with Gasteiger partial charge in [-0.15, -0.1) is 11.8 Å². The van der Waals surface area contributed by atoms with Crippen LogP contribution in [0.5, 0.6) is 0 Å². The number of rotatable bonds is 7. The molecule has 0 heterocycles. The molecule has 0 aliphatic heterocycles. The maximum atomic E-state index is 10.2. The summed E-state index contributed by atoms with van der Waals surface area (Å²) < 4.78 is 0. The van der Waals surface area contributed by atoms with Gasteiger partial charge in [-0.05, 0) is 48.3 Å². The fourth-order valence-corrected chi connectivity index (χ4v) is 2.93. The Morgan fingerprint density at radius 1 is 1.00 bits per heavy atom. The Morgan fingerprint density at radius 2 is 1.70 bits per heavy atom. The van der Waals surface area contributed by atoms with Gasteiger partial charge in [-0.3, -0.25) is 0 Å². The second-order valence-corrected chi connectivity index (χ2v) is 6.23. The Labute approximate surface area is 126 Å². The zero-order valence-corrected chi connectivity index (χ0v) is 12.8.